The zero-order valence-electron chi connectivity index (χ0n) is 27.1. The van der Waals surface area contributed by atoms with Crippen LogP contribution in [0.5, 0.6) is 23.0 Å². The quantitative estimate of drug-likeness (QED) is 0.0642. The van der Waals surface area contributed by atoms with Crippen molar-refractivity contribution in [3.8, 4) is 23.0 Å². The highest BCUT2D eigenvalue weighted by atomic mass is 16.5. The second kappa shape index (κ2) is 15.7. The minimum atomic E-state index is -1.15. The van der Waals surface area contributed by atoms with Gasteiger partial charge in [0.05, 0.1) is 38.7 Å². The molecule has 4 N–H and O–H groups in total. The molecular formula is C36H38N4O8. The minimum absolute atomic E-state index is 0.155. The van der Waals surface area contributed by atoms with Gasteiger partial charge in [0, 0.05) is 5.70 Å². The van der Waals surface area contributed by atoms with Crippen LogP contribution in [0.4, 0.5) is 4.79 Å². The molecule has 0 unspecified atom stereocenters. The molecule has 12 nitrogen and oxygen atoms in total. The van der Waals surface area contributed by atoms with Crippen molar-refractivity contribution in [2.45, 2.75) is 32.7 Å². The van der Waals surface area contributed by atoms with Gasteiger partial charge in [-0.1, -0.05) is 42.5 Å². The number of allylic oxidation sites excluding steroid dienone is 1. The van der Waals surface area contributed by atoms with Crippen molar-refractivity contribution in [1.29, 1.82) is 0 Å². The predicted octanol–water partition coefficient (Wildman–Crippen LogP) is 4.95. The van der Waals surface area contributed by atoms with E-state index in [1.54, 1.807) is 50.6 Å². The van der Waals surface area contributed by atoms with Crippen LogP contribution < -0.4 is 35.0 Å². The van der Waals surface area contributed by atoms with Gasteiger partial charge >= 0.3 is 12.0 Å². The summed E-state index contributed by atoms with van der Waals surface area (Å²) in [5.41, 5.74) is 5.65. The van der Waals surface area contributed by atoms with E-state index < -0.39 is 24.3 Å². The van der Waals surface area contributed by atoms with Crippen LogP contribution >= 0.6 is 0 Å². The molecule has 0 aromatic heterocycles. The Balaban J connectivity index is 1.18. The van der Waals surface area contributed by atoms with Crippen LogP contribution in [0.3, 0.4) is 0 Å². The van der Waals surface area contributed by atoms with Crippen LogP contribution in [0.2, 0.25) is 0 Å². The fourth-order valence-corrected chi connectivity index (χ4v) is 5.19. The van der Waals surface area contributed by atoms with Crippen molar-refractivity contribution < 1.29 is 38.4 Å². The summed E-state index contributed by atoms with van der Waals surface area (Å²) in [7, 11) is 2.85. The first kappa shape index (κ1) is 33.6. The maximum absolute atomic E-state index is 12.5. The number of nitrogens with one attached hydrogen (secondary N) is 3. The number of benzene rings is 4. The fourth-order valence-electron chi connectivity index (χ4n) is 5.19. The molecule has 0 fully saturated rings. The van der Waals surface area contributed by atoms with Gasteiger partial charge in [0.1, 0.15) is 13.2 Å². The van der Waals surface area contributed by atoms with Crippen molar-refractivity contribution in [3.63, 3.8) is 0 Å². The molecule has 0 aliphatic carbocycles. The molecule has 1 aliphatic heterocycles. The molecule has 1 heterocycles. The van der Waals surface area contributed by atoms with Gasteiger partial charge in [-0.05, 0) is 77.7 Å². The van der Waals surface area contributed by atoms with E-state index in [4.69, 9.17) is 23.7 Å². The number of amides is 2. The van der Waals surface area contributed by atoms with Crippen LogP contribution in [0, 0.1) is 0 Å². The number of ether oxygens (including phenoxy) is 5. The topological polar surface area (TPSA) is 149 Å². The maximum atomic E-state index is 12.5. The van der Waals surface area contributed by atoms with Gasteiger partial charge in [0.15, 0.2) is 29.2 Å². The van der Waals surface area contributed by atoms with E-state index in [1.165, 1.54) is 12.5 Å². The first-order chi connectivity index (χ1) is 23.3. The number of carbonyl (C=O) groups is 2. The number of aliphatic hydroxyl groups is 1. The van der Waals surface area contributed by atoms with Crippen LogP contribution in [0.15, 0.2) is 95.2 Å². The number of fused-ring (bicyclic) bond motifs is 1. The molecule has 2 atom stereocenters. The first-order valence-corrected chi connectivity index (χ1v) is 15.3. The highest BCUT2D eigenvalue weighted by Gasteiger charge is 2.32. The Labute approximate surface area is 278 Å². The van der Waals surface area contributed by atoms with E-state index in [0.717, 1.165) is 16.5 Å². The average Bonchev–Trinajstić information content (AvgIpc) is 3.09. The third kappa shape index (κ3) is 8.15. The largest absolute Gasteiger partial charge is 0.493 e. The molecule has 0 saturated heterocycles. The fraction of sp³-hybridized carbons (Fsp3) is 0.250. The minimum Gasteiger partial charge on any atom is -0.493 e. The Morgan fingerprint density at radius 1 is 0.938 bits per heavy atom. The Morgan fingerprint density at radius 3 is 2.48 bits per heavy atom. The van der Waals surface area contributed by atoms with Crippen molar-refractivity contribution in [2.75, 3.05) is 27.4 Å². The lowest BCUT2D eigenvalue weighted by Gasteiger charge is -2.28. The van der Waals surface area contributed by atoms with Gasteiger partial charge < -0.3 is 39.4 Å². The number of esters is 1. The molecule has 0 spiro atoms. The van der Waals surface area contributed by atoms with E-state index in [0.29, 0.717) is 47.5 Å². The predicted molar refractivity (Wildman–Crippen MR) is 180 cm³/mol. The third-order valence-electron chi connectivity index (χ3n) is 7.51. The number of hydrogen-bond acceptors (Lipinski definition) is 10. The van der Waals surface area contributed by atoms with Crippen LogP contribution in [0.25, 0.3) is 10.8 Å². The summed E-state index contributed by atoms with van der Waals surface area (Å²) >= 11 is 0. The summed E-state index contributed by atoms with van der Waals surface area (Å²) in [4.78, 5) is 24.6. The molecule has 250 valence electrons. The number of hydrogen-bond donors (Lipinski definition) is 4. The van der Waals surface area contributed by atoms with E-state index in [-0.39, 0.29) is 12.2 Å². The molecule has 48 heavy (non-hydrogen) atoms. The summed E-state index contributed by atoms with van der Waals surface area (Å²) in [5, 5.41) is 22.3. The summed E-state index contributed by atoms with van der Waals surface area (Å²) < 4.78 is 28.1. The van der Waals surface area contributed by atoms with Gasteiger partial charge in [-0.3, -0.25) is 5.43 Å². The standard InChI is InChI=1S/C36H38N4O8/c1-5-46-31-18-27(34-33(35(42)45-4)22(2)38-36(43)39-34)13-15-29(31)48-21-32(41)40-37-19-23-11-14-28(30(17-23)44-3)47-20-24-10-12-25-8-6-7-9-26(25)16-24/h6-19,32,34,40-41H,5,20-21H2,1-4H3,(H2,38,39,43)/b37-19-/t32-,34-/m1/s1. The zero-order valence-corrected chi connectivity index (χ0v) is 27.1. The van der Waals surface area contributed by atoms with Gasteiger partial charge in [0.25, 0.3) is 0 Å². The summed E-state index contributed by atoms with van der Waals surface area (Å²) in [5.74, 6) is 1.29. The maximum Gasteiger partial charge on any atom is 0.337 e. The van der Waals surface area contributed by atoms with E-state index >= 15 is 0 Å². The number of hydrazone groups is 1. The van der Waals surface area contributed by atoms with Crippen LogP contribution in [0.1, 0.15) is 36.6 Å². The van der Waals surface area contributed by atoms with Crippen molar-refractivity contribution in [2.24, 2.45) is 5.10 Å². The number of aliphatic hydroxyl groups excluding tert-OH is 1. The number of methoxy groups -OCH3 is 2. The Kier molecular flexibility index (Phi) is 11.0. The molecule has 2 amide bonds. The molecule has 0 radical (unpaired) electrons. The Hall–Kier alpha value is -5.75. The van der Waals surface area contributed by atoms with Crippen LogP contribution in [-0.4, -0.2) is 57.0 Å². The molecule has 0 bridgehead atoms. The lowest BCUT2D eigenvalue weighted by atomic mass is 9.95. The summed E-state index contributed by atoms with van der Waals surface area (Å²) in [6.45, 7) is 4.01. The lowest BCUT2D eigenvalue weighted by Crippen LogP contribution is -2.45. The third-order valence-corrected chi connectivity index (χ3v) is 7.51. The number of rotatable bonds is 14. The van der Waals surface area contributed by atoms with Gasteiger partial charge in [0.2, 0.25) is 0 Å². The Bertz CT molecular complexity index is 1840. The highest BCUT2D eigenvalue weighted by molar-refractivity contribution is 5.95. The van der Waals surface area contributed by atoms with E-state index in [1.807, 2.05) is 31.2 Å². The SMILES string of the molecule is CCOc1cc([C@H]2NC(=O)NC(C)=C2C(=O)OC)ccc1OC[C@@H](O)N/N=C\c1ccc(OCc2ccc3ccccc3c2)c(OC)c1. The number of carbonyl (C=O) groups excluding carboxylic acids is 2. The van der Waals surface area contributed by atoms with Crippen LogP contribution in [-0.2, 0) is 16.1 Å². The zero-order chi connectivity index (χ0) is 34.0. The lowest BCUT2D eigenvalue weighted by molar-refractivity contribution is -0.136. The molecule has 1 aliphatic rings. The molecular weight excluding hydrogens is 616 g/mol. The first-order valence-electron chi connectivity index (χ1n) is 15.3. The molecule has 4 aromatic rings. The second-order valence-corrected chi connectivity index (χ2v) is 10.8. The van der Waals surface area contributed by atoms with Crippen molar-refractivity contribution in [3.05, 3.63) is 107 Å². The smallest absolute Gasteiger partial charge is 0.337 e. The Morgan fingerprint density at radius 2 is 1.71 bits per heavy atom. The number of nitrogens with zero attached hydrogens (tertiary/aromatic N) is 1. The molecule has 4 aromatic carbocycles. The molecule has 12 heteroatoms. The van der Waals surface area contributed by atoms with E-state index in [9.17, 15) is 14.7 Å². The highest BCUT2D eigenvalue weighted by Crippen LogP contribution is 2.35. The molecule has 5 rings (SSSR count). The normalized spacial score (nSPS) is 15.0. The van der Waals surface area contributed by atoms with Crippen molar-refractivity contribution >= 4 is 29.0 Å². The van der Waals surface area contributed by atoms with Gasteiger partial charge in [-0.2, -0.15) is 5.10 Å². The van der Waals surface area contributed by atoms with E-state index in [2.05, 4.69) is 45.4 Å². The monoisotopic (exact) mass is 654 g/mol. The summed E-state index contributed by atoms with van der Waals surface area (Å²) in [6.07, 6.45) is 0.392. The average molecular weight is 655 g/mol. The second-order valence-electron chi connectivity index (χ2n) is 10.8. The van der Waals surface area contributed by atoms with Crippen molar-refractivity contribution in [1.82, 2.24) is 16.1 Å². The van der Waals surface area contributed by atoms with Gasteiger partial charge in [-0.25, -0.2) is 9.59 Å². The molecule has 0 saturated carbocycles. The summed E-state index contributed by atoms with van der Waals surface area (Å²) in [6, 6.07) is 23.6. The van der Waals surface area contributed by atoms with Gasteiger partial charge in [-0.15, -0.1) is 0 Å². The number of urea groups is 1.